The van der Waals surface area contributed by atoms with Gasteiger partial charge in [0.1, 0.15) is 29.0 Å². The highest BCUT2D eigenvalue weighted by Crippen LogP contribution is 2.62. The number of oxime groups is 1. The number of amides is 1. The first kappa shape index (κ1) is 49.3. The molecule has 15 heteroatoms. The van der Waals surface area contributed by atoms with Crippen molar-refractivity contribution < 1.29 is 58.2 Å². The number of allylic oxidation sites excluding steroid dienone is 1. The van der Waals surface area contributed by atoms with Crippen LogP contribution in [0.4, 0.5) is 0 Å². The number of carbonyl (C=O) groups excluding carboxylic acids is 2. The van der Waals surface area contributed by atoms with Crippen molar-refractivity contribution in [2.45, 2.75) is 88.2 Å². The second-order valence-corrected chi connectivity index (χ2v) is 17.3. The highest BCUT2D eigenvalue weighted by atomic mass is 16.8. The number of hydrogen-bond acceptors (Lipinski definition) is 14. The second kappa shape index (κ2) is 23.9. The fraction of sp³-hybridized carbons (Fsp3) is 0.500. The van der Waals surface area contributed by atoms with Crippen LogP contribution < -0.4 is 14.2 Å². The van der Waals surface area contributed by atoms with Crippen LogP contribution in [0.5, 0.6) is 23.0 Å². The van der Waals surface area contributed by atoms with Crippen LogP contribution in [0.3, 0.4) is 0 Å². The minimum atomic E-state index is -1.56. The lowest BCUT2D eigenvalue weighted by atomic mass is 9.55. The minimum absolute atomic E-state index is 0.0122. The van der Waals surface area contributed by atoms with Gasteiger partial charge in [-0.05, 0) is 117 Å². The summed E-state index contributed by atoms with van der Waals surface area (Å²) in [4.78, 5) is 35.1. The molecule has 67 heavy (non-hydrogen) atoms. The standard InChI is InChI=1S/C52H63N3O12/c1-3-25-64-52-47(55(21-27-62-28-24-58)51(60)36-15-13-35(33-53)14-16-36)32-44(54-67-48-12-6-9-26-63-48)42-30-37(10-4-7-22-56)41(11-5-8-23-57)49(50(42)52)43-31-40(18-20-46(43)66-52)65-39-17-19-45(61-2)38(29-39)34-59/h3,13-20,29-31,34,37,41,47-50,56-58H,1,4-12,21-28,32H2,2H3/t37-,41+,47-,48?,49+,50+,52+/m0/s1. The van der Waals surface area contributed by atoms with Crippen LogP contribution in [0, 0.1) is 29.1 Å². The Hall–Kier alpha value is -5.60. The zero-order chi connectivity index (χ0) is 47.2. The SMILES string of the molecule is C=CCO[C@@]12Oc3ccc(Oc4ccc(OC)c(C=O)c4)cc3[C@H]3[C@H](CCCCO)[C@@H](CCCCO)C=C(C(=NOC4CCCCO4)C[C@@H]1N(CCOCCO)C(=O)c1ccc(C#N)cc1)[C@H]32. The molecule has 3 aromatic rings. The predicted octanol–water partition coefficient (Wildman–Crippen LogP) is 7.48. The lowest BCUT2D eigenvalue weighted by molar-refractivity contribution is -0.255. The number of nitrogens with zero attached hydrogens (tertiary/aromatic N) is 3. The Morgan fingerprint density at radius 3 is 2.46 bits per heavy atom. The number of methoxy groups -OCH3 is 1. The van der Waals surface area contributed by atoms with E-state index in [9.17, 15) is 25.4 Å². The highest BCUT2D eigenvalue weighted by Gasteiger charge is 2.65. The van der Waals surface area contributed by atoms with E-state index in [1.165, 1.54) is 7.11 Å². The molecule has 1 saturated heterocycles. The van der Waals surface area contributed by atoms with Gasteiger partial charge in [-0.1, -0.05) is 30.1 Å². The van der Waals surface area contributed by atoms with Gasteiger partial charge < -0.3 is 53.5 Å². The second-order valence-electron chi connectivity index (χ2n) is 17.3. The highest BCUT2D eigenvalue weighted by molar-refractivity contribution is 6.03. The van der Waals surface area contributed by atoms with E-state index in [2.05, 4.69) is 18.7 Å². The van der Waals surface area contributed by atoms with E-state index in [0.717, 1.165) is 55.9 Å². The Morgan fingerprint density at radius 1 is 0.985 bits per heavy atom. The Kier molecular flexibility index (Phi) is 17.6. The number of carbonyl (C=O) groups is 2. The van der Waals surface area contributed by atoms with Gasteiger partial charge >= 0.3 is 0 Å². The number of benzene rings is 3. The normalized spacial score (nSPS) is 24.5. The first-order valence-electron chi connectivity index (χ1n) is 23.5. The average Bonchev–Trinajstić information content (AvgIpc) is 3.36. The third-order valence-electron chi connectivity index (χ3n) is 13.2. The fourth-order valence-corrected chi connectivity index (χ4v) is 10.2. The summed E-state index contributed by atoms with van der Waals surface area (Å²) in [7, 11) is 1.50. The number of ether oxygens (including phenoxy) is 6. The molecule has 2 fully saturated rings. The van der Waals surface area contributed by atoms with Crippen LogP contribution in [0.2, 0.25) is 0 Å². The van der Waals surface area contributed by atoms with Gasteiger partial charge in [-0.25, -0.2) is 0 Å². The lowest BCUT2D eigenvalue weighted by Crippen LogP contribution is -2.70. The van der Waals surface area contributed by atoms with Crippen molar-refractivity contribution in [3.8, 4) is 29.1 Å². The van der Waals surface area contributed by atoms with Crippen LogP contribution in [0.1, 0.15) is 102 Å². The number of unbranched alkanes of at least 4 members (excludes halogenated alkanes) is 2. The molecule has 358 valence electrons. The van der Waals surface area contributed by atoms with Crippen LogP contribution in [0.15, 0.2) is 90.1 Å². The van der Waals surface area contributed by atoms with Crippen LogP contribution in [-0.4, -0.2) is 116 Å². The van der Waals surface area contributed by atoms with E-state index in [1.54, 1.807) is 59.5 Å². The largest absolute Gasteiger partial charge is 0.496 e. The number of aldehydes is 1. The topological polar surface area (TPSA) is 199 Å². The summed E-state index contributed by atoms with van der Waals surface area (Å²) in [6.07, 6.45) is 11.0. The maximum atomic E-state index is 15.2. The van der Waals surface area contributed by atoms with Crippen LogP contribution in [0.25, 0.3) is 0 Å². The smallest absolute Gasteiger partial charge is 0.254 e. The number of rotatable bonds is 24. The summed E-state index contributed by atoms with van der Waals surface area (Å²) < 4.78 is 38.2. The number of aliphatic hydroxyl groups is 3. The third kappa shape index (κ3) is 11.2. The lowest BCUT2D eigenvalue weighted by Gasteiger charge is -2.60. The van der Waals surface area contributed by atoms with Crippen molar-refractivity contribution in [1.82, 2.24) is 4.90 Å². The van der Waals surface area contributed by atoms with Crippen LogP contribution in [-0.2, 0) is 19.0 Å². The number of nitriles is 1. The number of hydrogen-bond donors (Lipinski definition) is 3. The van der Waals surface area contributed by atoms with Crippen molar-refractivity contribution in [2.75, 3.05) is 59.9 Å². The molecule has 7 atom stereocenters. The van der Waals surface area contributed by atoms with Crippen molar-refractivity contribution in [3.63, 3.8) is 0 Å². The summed E-state index contributed by atoms with van der Waals surface area (Å²) in [5.74, 6) is -1.03. The summed E-state index contributed by atoms with van der Waals surface area (Å²) in [6.45, 7) is 4.77. The predicted molar refractivity (Wildman–Crippen MR) is 248 cm³/mol. The molecule has 3 N–H and O–H groups in total. The van der Waals surface area contributed by atoms with Gasteiger partial charge in [0.25, 0.3) is 5.91 Å². The molecule has 1 unspecified atom stereocenters. The van der Waals surface area contributed by atoms with E-state index >= 15 is 4.79 Å². The Bertz CT molecular complexity index is 2250. The number of fused-ring (bicyclic) bond motifs is 2. The molecule has 0 bridgehead atoms. The van der Waals surface area contributed by atoms with E-state index in [4.69, 9.17) is 38.4 Å². The summed E-state index contributed by atoms with van der Waals surface area (Å²) in [5.41, 5.74) is 3.40. The van der Waals surface area contributed by atoms with E-state index in [0.29, 0.717) is 71.3 Å². The van der Waals surface area contributed by atoms with Crippen molar-refractivity contribution in [2.24, 2.45) is 22.9 Å². The van der Waals surface area contributed by atoms with Gasteiger partial charge in [-0.15, -0.1) is 6.58 Å². The van der Waals surface area contributed by atoms with Crippen molar-refractivity contribution in [1.29, 1.82) is 5.26 Å². The molecule has 7 rings (SSSR count). The molecule has 0 spiro atoms. The molecule has 2 aliphatic heterocycles. The van der Waals surface area contributed by atoms with Gasteiger partial charge in [0.05, 0.1) is 69.0 Å². The van der Waals surface area contributed by atoms with Gasteiger partial charge in [0, 0.05) is 49.6 Å². The summed E-state index contributed by atoms with van der Waals surface area (Å²) in [5, 5.41) is 44.2. The minimum Gasteiger partial charge on any atom is -0.496 e. The van der Waals surface area contributed by atoms with Crippen molar-refractivity contribution in [3.05, 3.63) is 107 Å². The number of aliphatic hydroxyl groups excluding tert-OH is 3. The molecular formula is C52H63N3O12. The first-order chi connectivity index (χ1) is 32.8. The molecular weight excluding hydrogens is 859 g/mol. The van der Waals surface area contributed by atoms with E-state index in [1.807, 2.05) is 12.1 Å². The Labute approximate surface area is 392 Å². The molecule has 0 aromatic heterocycles. The van der Waals surface area contributed by atoms with E-state index < -0.39 is 24.0 Å². The Balaban J connectivity index is 1.45. The fourth-order valence-electron chi connectivity index (χ4n) is 10.2. The molecule has 3 aromatic carbocycles. The van der Waals surface area contributed by atoms with E-state index in [-0.39, 0.29) is 76.3 Å². The maximum absolute atomic E-state index is 15.2. The van der Waals surface area contributed by atoms with Crippen LogP contribution >= 0.6 is 0 Å². The molecule has 15 nitrogen and oxygen atoms in total. The van der Waals surface area contributed by atoms with Gasteiger partial charge in [0.2, 0.25) is 12.1 Å². The quantitative estimate of drug-likeness (QED) is 0.0346. The Morgan fingerprint density at radius 2 is 1.76 bits per heavy atom. The zero-order valence-electron chi connectivity index (χ0n) is 38.3. The summed E-state index contributed by atoms with van der Waals surface area (Å²) >= 11 is 0. The average molecular weight is 922 g/mol. The molecule has 2 aliphatic carbocycles. The molecule has 1 saturated carbocycles. The maximum Gasteiger partial charge on any atom is 0.254 e. The molecule has 0 radical (unpaired) electrons. The van der Waals surface area contributed by atoms with Crippen molar-refractivity contribution >= 4 is 17.9 Å². The molecule has 4 aliphatic rings. The third-order valence-corrected chi connectivity index (χ3v) is 13.2. The molecule has 1 amide bonds. The first-order valence-corrected chi connectivity index (χ1v) is 23.5. The monoisotopic (exact) mass is 921 g/mol. The van der Waals surface area contributed by atoms with Gasteiger partial charge in [-0.2, -0.15) is 5.26 Å². The molecule has 2 heterocycles. The van der Waals surface area contributed by atoms with Gasteiger partial charge in [0.15, 0.2) is 6.29 Å². The summed E-state index contributed by atoms with van der Waals surface area (Å²) in [6, 6.07) is 18.4. The van der Waals surface area contributed by atoms with Gasteiger partial charge in [-0.3, -0.25) is 9.59 Å². The zero-order valence-corrected chi connectivity index (χ0v) is 38.3.